The molecule has 1 aromatic carbocycles. The van der Waals surface area contributed by atoms with Gasteiger partial charge in [0.05, 0.1) is 0 Å². The number of nitrogens with one attached hydrogen (secondary N) is 1. The largest absolute Gasteiger partial charge is 0.454 e. The molecule has 19 heavy (non-hydrogen) atoms. The summed E-state index contributed by atoms with van der Waals surface area (Å²) in [6.07, 6.45) is 3.65. The van der Waals surface area contributed by atoms with Crippen molar-refractivity contribution >= 4 is 0 Å². The molecule has 0 fully saturated rings. The Labute approximate surface area is 112 Å². The second-order valence-corrected chi connectivity index (χ2v) is 4.50. The highest BCUT2D eigenvalue weighted by molar-refractivity contribution is 5.47. The summed E-state index contributed by atoms with van der Waals surface area (Å²) in [6.45, 7) is 1.17. The van der Waals surface area contributed by atoms with E-state index in [1.807, 2.05) is 37.6 Å². The van der Waals surface area contributed by atoms with E-state index in [0.717, 1.165) is 18.0 Å². The van der Waals surface area contributed by atoms with Crippen LogP contribution in [0, 0.1) is 0 Å². The third-order valence-corrected chi connectivity index (χ3v) is 3.32. The Morgan fingerprint density at radius 2 is 1.89 bits per heavy atom. The standard InChI is InChI=1S/C15H16N2O2/c1-16-9-13(11-4-6-17-7-5-11)12-2-3-14-15(8-12)19-10-18-14/h2-8,13,16H,9-10H2,1H3. The second kappa shape index (κ2) is 5.28. The number of benzene rings is 1. The van der Waals surface area contributed by atoms with Gasteiger partial charge in [-0.25, -0.2) is 0 Å². The molecule has 0 aliphatic carbocycles. The lowest BCUT2D eigenvalue weighted by molar-refractivity contribution is 0.174. The molecule has 3 rings (SSSR count). The summed E-state index contributed by atoms with van der Waals surface area (Å²) >= 11 is 0. The van der Waals surface area contributed by atoms with Gasteiger partial charge in [0.2, 0.25) is 6.79 Å². The number of hydrogen-bond acceptors (Lipinski definition) is 4. The van der Waals surface area contributed by atoms with E-state index in [1.165, 1.54) is 11.1 Å². The molecule has 1 aliphatic rings. The molecule has 4 nitrogen and oxygen atoms in total. The van der Waals surface area contributed by atoms with Crippen LogP contribution >= 0.6 is 0 Å². The number of fused-ring (bicyclic) bond motifs is 1. The van der Waals surface area contributed by atoms with Gasteiger partial charge in [-0.15, -0.1) is 0 Å². The molecule has 1 N–H and O–H groups in total. The normalized spacial score (nSPS) is 14.4. The van der Waals surface area contributed by atoms with Crippen molar-refractivity contribution in [2.24, 2.45) is 0 Å². The molecule has 0 spiro atoms. The minimum Gasteiger partial charge on any atom is -0.454 e. The zero-order valence-corrected chi connectivity index (χ0v) is 10.8. The monoisotopic (exact) mass is 256 g/mol. The minimum absolute atomic E-state index is 0.280. The zero-order valence-electron chi connectivity index (χ0n) is 10.8. The average Bonchev–Trinajstić information content (AvgIpc) is 2.93. The maximum atomic E-state index is 5.45. The van der Waals surface area contributed by atoms with Crippen LogP contribution in [-0.2, 0) is 0 Å². The highest BCUT2D eigenvalue weighted by atomic mass is 16.7. The van der Waals surface area contributed by atoms with E-state index in [1.54, 1.807) is 0 Å². The molecule has 1 aromatic heterocycles. The van der Waals surface area contributed by atoms with Gasteiger partial charge in [0.15, 0.2) is 11.5 Å². The maximum absolute atomic E-state index is 5.45. The van der Waals surface area contributed by atoms with Crippen molar-refractivity contribution in [1.29, 1.82) is 0 Å². The van der Waals surface area contributed by atoms with Crippen molar-refractivity contribution in [2.45, 2.75) is 5.92 Å². The molecule has 0 amide bonds. The lowest BCUT2D eigenvalue weighted by Gasteiger charge is -2.17. The summed E-state index contributed by atoms with van der Waals surface area (Å²) in [7, 11) is 1.96. The van der Waals surface area contributed by atoms with Crippen LogP contribution in [-0.4, -0.2) is 25.4 Å². The lowest BCUT2D eigenvalue weighted by atomic mass is 9.91. The first-order valence-corrected chi connectivity index (χ1v) is 6.32. The van der Waals surface area contributed by atoms with E-state index in [0.29, 0.717) is 6.79 Å². The van der Waals surface area contributed by atoms with Crippen LogP contribution in [0.1, 0.15) is 17.0 Å². The molecular formula is C15H16N2O2. The van der Waals surface area contributed by atoms with Crippen molar-refractivity contribution in [3.63, 3.8) is 0 Å². The van der Waals surface area contributed by atoms with Gasteiger partial charge in [-0.1, -0.05) is 6.07 Å². The number of pyridine rings is 1. The summed E-state index contributed by atoms with van der Waals surface area (Å²) in [5.41, 5.74) is 2.45. The van der Waals surface area contributed by atoms with Gasteiger partial charge in [0.1, 0.15) is 0 Å². The van der Waals surface area contributed by atoms with Crippen LogP contribution in [0.3, 0.4) is 0 Å². The summed E-state index contributed by atoms with van der Waals surface area (Å²) < 4.78 is 10.8. The Hall–Kier alpha value is -2.07. The predicted molar refractivity (Wildman–Crippen MR) is 72.6 cm³/mol. The first-order chi connectivity index (χ1) is 9.38. The molecule has 0 saturated heterocycles. The summed E-state index contributed by atoms with van der Waals surface area (Å²) in [6, 6.07) is 10.2. The van der Waals surface area contributed by atoms with E-state index in [-0.39, 0.29) is 5.92 Å². The third kappa shape index (κ3) is 2.39. The molecular weight excluding hydrogens is 240 g/mol. The van der Waals surface area contributed by atoms with Crippen LogP contribution in [0.4, 0.5) is 0 Å². The quantitative estimate of drug-likeness (QED) is 0.910. The fourth-order valence-electron chi connectivity index (χ4n) is 2.36. The highest BCUT2D eigenvalue weighted by Gasteiger charge is 2.18. The molecule has 1 unspecified atom stereocenters. The molecule has 0 radical (unpaired) electrons. The van der Waals surface area contributed by atoms with E-state index in [4.69, 9.17) is 9.47 Å². The topological polar surface area (TPSA) is 43.4 Å². The number of hydrogen-bond donors (Lipinski definition) is 1. The highest BCUT2D eigenvalue weighted by Crippen LogP contribution is 2.36. The number of ether oxygens (including phenoxy) is 2. The first-order valence-electron chi connectivity index (χ1n) is 6.32. The Kier molecular flexibility index (Phi) is 3.33. The van der Waals surface area contributed by atoms with Gasteiger partial charge < -0.3 is 14.8 Å². The smallest absolute Gasteiger partial charge is 0.231 e. The van der Waals surface area contributed by atoms with Crippen molar-refractivity contribution in [3.8, 4) is 11.5 Å². The van der Waals surface area contributed by atoms with Crippen molar-refractivity contribution in [1.82, 2.24) is 10.3 Å². The lowest BCUT2D eigenvalue weighted by Crippen LogP contribution is -2.18. The molecule has 0 saturated carbocycles. The number of rotatable bonds is 4. The molecule has 1 aliphatic heterocycles. The van der Waals surface area contributed by atoms with Crippen molar-refractivity contribution < 1.29 is 9.47 Å². The molecule has 98 valence electrons. The van der Waals surface area contributed by atoms with E-state index in [9.17, 15) is 0 Å². The van der Waals surface area contributed by atoms with Crippen LogP contribution < -0.4 is 14.8 Å². The van der Waals surface area contributed by atoms with Gasteiger partial charge in [-0.05, 0) is 42.4 Å². The minimum atomic E-state index is 0.280. The Balaban J connectivity index is 1.96. The second-order valence-electron chi connectivity index (χ2n) is 4.50. The van der Waals surface area contributed by atoms with E-state index < -0.39 is 0 Å². The summed E-state index contributed by atoms with van der Waals surface area (Å²) in [5.74, 6) is 1.93. The van der Waals surface area contributed by atoms with Crippen LogP contribution in [0.2, 0.25) is 0 Å². The molecule has 1 atom stereocenters. The fraction of sp³-hybridized carbons (Fsp3) is 0.267. The molecule has 2 heterocycles. The van der Waals surface area contributed by atoms with Gasteiger partial charge in [0, 0.05) is 24.9 Å². The van der Waals surface area contributed by atoms with Gasteiger partial charge in [-0.3, -0.25) is 4.98 Å². The Morgan fingerprint density at radius 1 is 1.11 bits per heavy atom. The molecule has 4 heteroatoms. The van der Waals surface area contributed by atoms with Crippen LogP contribution in [0.5, 0.6) is 11.5 Å². The Bertz CT molecular complexity index is 557. The van der Waals surface area contributed by atoms with Gasteiger partial charge >= 0.3 is 0 Å². The van der Waals surface area contributed by atoms with Gasteiger partial charge in [-0.2, -0.15) is 0 Å². The maximum Gasteiger partial charge on any atom is 0.231 e. The van der Waals surface area contributed by atoms with Crippen LogP contribution in [0.25, 0.3) is 0 Å². The number of likely N-dealkylation sites (N-methyl/N-ethyl adjacent to an activating group) is 1. The predicted octanol–water partition coefficient (Wildman–Crippen LogP) is 2.16. The third-order valence-electron chi connectivity index (χ3n) is 3.32. The number of nitrogens with zero attached hydrogens (tertiary/aromatic N) is 1. The van der Waals surface area contributed by atoms with Crippen LogP contribution in [0.15, 0.2) is 42.7 Å². The summed E-state index contributed by atoms with van der Waals surface area (Å²) in [5, 5.41) is 3.24. The van der Waals surface area contributed by atoms with E-state index in [2.05, 4.69) is 22.4 Å². The fourth-order valence-corrected chi connectivity index (χ4v) is 2.36. The van der Waals surface area contributed by atoms with E-state index >= 15 is 0 Å². The van der Waals surface area contributed by atoms with Crippen molar-refractivity contribution in [3.05, 3.63) is 53.9 Å². The zero-order chi connectivity index (χ0) is 13.1. The van der Waals surface area contributed by atoms with Crippen molar-refractivity contribution in [2.75, 3.05) is 20.4 Å². The SMILES string of the molecule is CNCC(c1ccncc1)c1ccc2c(c1)OCO2. The number of aromatic nitrogens is 1. The Morgan fingerprint density at radius 3 is 2.68 bits per heavy atom. The molecule has 2 aromatic rings. The summed E-state index contributed by atoms with van der Waals surface area (Å²) in [4.78, 5) is 4.07. The first kappa shape index (κ1) is 12.0. The van der Waals surface area contributed by atoms with Gasteiger partial charge in [0.25, 0.3) is 0 Å². The molecule has 0 bridgehead atoms. The average molecular weight is 256 g/mol.